The third kappa shape index (κ3) is 3.73. The first-order valence-corrected chi connectivity index (χ1v) is 14.0. The van der Waals surface area contributed by atoms with E-state index in [4.69, 9.17) is 9.40 Å². The molecule has 0 bridgehead atoms. The number of hydrogen-bond donors (Lipinski definition) is 0. The van der Waals surface area contributed by atoms with E-state index in [1.54, 1.807) is 0 Å². The van der Waals surface area contributed by atoms with Crippen molar-refractivity contribution >= 4 is 54.1 Å². The average Bonchev–Trinajstić information content (AvgIpc) is 3.46. The summed E-state index contributed by atoms with van der Waals surface area (Å²) in [5.41, 5.74) is 8.08. The second kappa shape index (κ2) is 8.54. The minimum atomic E-state index is 0.275. The predicted molar refractivity (Wildman–Crippen MR) is 163 cm³/mol. The van der Waals surface area contributed by atoms with E-state index in [1.165, 1.54) is 42.4 Å². The van der Waals surface area contributed by atoms with E-state index in [9.17, 15) is 0 Å². The fourth-order valence-corrected chi connectivity index (χ4v) is 7.06. The summed E-state index contributed by atoms with van der Waals surface area (Å²) in [5, 5.41) is 5.97. The lowest BCUT2D eigenvalue weighted by atomic mass is 9.88. The lowest BCUT2D eigenvalue weighted by Crippen LogP contribution is -2.08. The number of furan rings is 1. The Morgan fingerprint density at radius 1 is 0.816 bits per heavy atom. The van der Waals surface area contributed by atoms with Gasteiger partial charge in [0.15, 0.2) is 0 Å². The monoisotopic (exact) mass is 511 g/mol. The minimum Gasteiger partial charge on any atom is -0.455 e. The van der Waals surface area contributed by atoms with E-state index >= 15 is 0 Å². The Bertz CT molecular complexity index is 1980. The summed E-state index contributed by atoms with van der Waals surface area (Å²) in [6.45, 7) is 9.10. The van der Waals surface area contributed by atoms with Gasteiger partial charge in [-0.25, -0.2) is 0 Å². The molecule has 38 heavy (non-hydrogen) atoms. The summed E-state index contributed by atoms with van der Waals surface area (Å²) >= 11 is 1.83. The van der Waals surface area contributed by atoms with Gasteiger partial charge >= 0.3 is 0 Å². The van der Waals surface area contributed by atoms with Gasteiger partial charge in [0.25, 0.3) is 0 Å². The topological polar surface area (TPSA) is 26.0 Å². The normalized spacial score (nSPS) is 12.3. The van der Waals surface area contributed by atoms with Crippen molar-refractivity contribution in [1.82, 2.24) is 4.98 Å². The molecule has 3 heteroatoms. The van der Waals surface area contributed by atoms with Crippen LogP contribution in [0.5, 0.6) is 0 Å². The molecule has 7 aromatic rings. The molecule has 0 aliphatic heterocycles. The van der Waals surface area contributed by atoms with Gasteiger partial charge in [-0.15, -0.1) is 11.3 Å². The fraction of sp³-hybridized carbons (Fsp3) is 0.171. The number of aromatic nitrogens is 1. The molecule has 186 valence electrons. The molecule has 0 saturated heterocycles. The van der Waals surface area contributed by atoms with Crippen molar-refractivity contribution in [2.24, 2.45) is 5.41 Å². The molecule has 4 aromatic carbocycles. The molecule has 0 saturated carbocycles. The van der Waals surface area contributed by atoms with E-state index in [2.05, 4.69) is 107 Å². The molecule has 0 aliphatic carbocycles. The summed E-state index contributed by atoms with van der Waals surface area (Å²) in [6.07, 6.45) is 3.01. The minimum absolute atomic E-state index is 0.275. The SMILES string of the molecule is Cc1c(-c2ccc(CC(C)(C)C)cc2)sc2c(-c3cc4ccccc4c4c3oc3ccccc34)nccc12. The highest BCUT2D eigenvalue weighted by Gasteiger charge is 2.21. The number of thiophene rings is 1. The van der Waals surface area contributed by atoms with Crippen LogP contribution < -0.4 is 0 Å². The number of pyridine rings is 1. The summed E-state index contributed by atoms with van der Waals surface area (Å²) in [7, 11) is 0. The highest BCUT2D eigenvalue weighted by atomic mass is 32.1. The van der Waals surface area contributed by atoms with Crippen LogP contribution in [0.2, 0.25) is 0 Å². The van der Waals surface area contributed by atoms with E-state index in [0.29, 0.717) is 0 Å². The van der Waals surface area contributed by atoms with Gasteiger partial charge in [-0.05, 0) is 69.8 Å². The van der Waals surface area contributed by atoms with Gasteiger partial charge in [-0.3, -0.25) is 4.98 Å². The van der Waals surface area contributed by atoms with Crippen LogP contribution in [0.1, 0.15) is 31.9 Å². The predicted octanol–water partition coefficient (Wildman–Crippen LogP) is 10.6. The second-order valence-corrected chi connectivity index (χ2v) is 12.5. The number of para-hydroxylation sites is 1. The Kier molecular flexibility index (Phi) is 5.21. The Balaban J connectivity index is 1.46. The van der Waals surface area contributed by atoms with Crippen LogP contribution in [0.25, 0.3) is 64.5 Å². The maximum atomic E-state index is 6.53. The van der Waals surface area contributed by atoms with Gasteiger partial charge in [0.1, 0.15) is 11.2 Å². The van der Waals surface area contributed by atoms with Gasteiger partial charge < -0.3 is 4.42 Å². The first-order chi connectivity index (χ1) is 18.4. The zero-order valence-electron chi connectivity index (χ0n) is 22.1. The first kappa shape index (κ1) is 23.2. The molecule has 0 atom stereocenters. The number of nitrogens with zero attached hydrogens (tertiary/aromatic N) is 1. The van der Waals surface area contributed by atoms with Crippen molar-refractivity contribution in [2.75, 3.05) is 0 Å². The van der Waals surface area contributed by atoms with Crippen LogP contribution in [-0.2, 0) is 6.42 Å². The molecular weight excluding hydrogens is 482 g/mol. The summed E-state index contributed by atoms with van der Waals surface area (Å²) in [5.74, 6) is 0. The smallest absolute Gasteiger partial charge is 0.145 e. The van der Waals surface area contributed by atoms with E-state index in [1.807, 2.05) is 23.6 Å². The molecule has 0 spiro atoms. The molecule has 0 unspecified atom stereocenters. The highest BCUT2D eigenvalue weighted by molar-refractivity contribution is 7.23. The Labute approximate surface area is 226 Å². The van der Waals surface area contributed by atoms with Gasteiger partial charge in [0.2, 0.25) is 0 Å². The standard InChI is InChI=1S/C35H29NOS/c1-21-25-17-18-36-31(34(25)38-33(21)23-15-13-22(14-16-23)20-35(2,3)4)28-19-24-9-5-6-10-26(24)30-27-11-7-8-12-29(27)37-32(28)30/h5-19H,20H2,1-4H3. The van der Waals surface area contributed by atoms with Crippen molar-refractivity contribution < 1.29 is 4.42 Å². The van der Waals surface area contributed by atoms with Crippen molar-refractivity contribution in [3.8, 4) is 21.7 Å². The molecule has 7 rings (SSSR count). The molecule has 0 N–H and O–H groups in total. The Morgan fingerprint density at radius 3 is 2.34 bits per heavy atom. The number of aryl methyl sites for hydroxylation is 1. The van der Waals surface area contributed by atoms with Crippen molar-refractivity contribution in [2.45, 2.75) is 34.1 Å². The van der Waals surface area contributed by atoms with Gasteiger partial charge in [0, 0.05) is 27.4 Å². The number of rotatable bonds is 3. The van der Waals surface area contributed by atoms with E-state index < -0.39 is 0 Å². The maximum absolute atomic E-state index is 6.53. The van der Waals surface area contributed by atoms with Crippen molar-refractivity contribution in [1.29, 1.82) is 0 Å². The average molecular weight is 512 g/mol. The lowest BCUT2D eigenvalue weighted by Gasteiger charge is -2.18. The van der Waals surface area contributed by atoms with Crippen LogP contribution in [0.4, 0.5) is 0 Å². The third-order valence-corrected chi connectivity index (χ3v) is 8.79. The quantitative estimate of drug-likeness (QED) is 0.236. The molecule has 3 aromatic heterocycles. The summed E-state index contributed by atoms with van der Waals surface area (Å²) in [6, 6.07) is 30.4. The molecule has 0 aliphatic rings. The first-order valence-electron chi connectivity index (χ1n) is 13.2. The van der Waals surface area contributed by atoms with Gasteiger partial charge in [-0.1, -0.05) is 87.5 Å². The third-order valence-electron chi connectivity index (χ3n) is 7.43. The van der Waals surface area contributed by atoms with Crippen LogP contribution >= 0.6 is 11.3 Å². The van der Waals surface area contributed by atoms with Gasteiger partial charge in [0.05, 0.1) is 10.4 Å². The fourth-order valence-electron chi connectivity index (χ4n) is 5.75. The summed E-state index contributed by atoms with van der Waals surface area (Å²) < 4.78 is 7.74. The molecule has 3 heterocycles. The molecule has 0 fully saturated rings. The summed E-state index contributed by atoms with van der Waals surface area (Å²) in [4.78, 5) is 6.26. The number of hydrogen-bond acceptors (Lipinski definition) is 3. The van der Waals surface area contributed by atoms with E-state index in [0.717, 1.165) is 39.6 Å². The van der Waals surface area contributed by atoms with Gasteiger partial charge in [-0.2, -0.15) is 0 Å². The van der Waals surface area contributed by atoms with Crippen LogP contribution in [0, 0.1) is 12.3 Å². The van der Waals surface area contributed by atoms with E-state index in [-0.39, 0.29) is 5.41 Å². The maximum Gasteiger partial charge on any atom is 0.145 e. The molecule has 0 amide bonds. The van der Waals surface area contributed by atoms with Crippen molar-refractivity contribution in [3.05, 3.63) is 102 Å². The second-order valence-electron chi connectivity index (χ2n) is 11.5. The molecular formula is C35H29NOS. The lowest BCUT2D eigenvalue weighted by molar-refractivity contribution is 0.411. The van der Waals surface area contributed by atoms with Crippen LogP contribution in [-0.4, -0.2) is 4.98 Å². The van der Waals surface area contributed by atoms with Crippen LogP contribution in [0.15, 0.2) is 95.5 Å². The zero-order valence-corrected chi connectivity index (χ0v) is 22.9. The van der Waals surface area contributed by atoms with Crippen LogP contribution in [0.3, 0.4) is 0 Å². The molecule has 0 radical (unpaired) electrons. The largest absolute Gasteiger partial charge is 0.455 e. The highest BCUT2D eigenvalue weighted by Crippen LogP contribution is 2.46. The number of fused-ring (bicyclic) bond motifs is 6. The zero-order chi connectivity index (χ0) is 26.0. The Morgan fingerprint density at radius 2 is 1.55 bits per heavy atom. The Hall–Kier alpha value is -3.95. The van der Waals surface area contributed by atoms with Crippen molar-refractivity contribution in [3.63, 3.8) is 0 Å². The molecule has 2 nitrogen and oxygen atoms in total. The number of benzene rings is 4.